The first-order chi connectivity index (χ1) is 11.9. The fourth-order valence-electron chi connectivity index (χ4n) is 2.24. The minimum Gasteiger partial charge on any atom is -0.506 e. The van der Waals surface area contributed by atoms with Crippen LogP contribution < -0.4 is 14.8 Å². The van der Waals surface area contributed by atoms with Gasteiger partial charge in [-0.05, 0) is 55.3 Å². The Hall–Kier alpha value is -2.66. The molecule has 0 bridgehead atoms. The molecule has 2 rings (SSSR count). The highest BCUT2D eigenvalue weighted by molar-refractivity contribution is 6.32. The van der Waals surface area contributed by atoms with Gasteiger partial charge < -0.3 is 19.9 Å². The molecule has 0 heterocycles. The number of phenols is 1. The number of halogens is 1. The fraction of sp³-hybridized carbons (Fsp3) is 0.211. The van der Waals surface area contributed by atoms with Crippen LogP contribution in [0.5, 0.6) is 17.2 Å². The second-order valence-electron chi connectivity index (χ2n) is 5.31. The lowest BCUT2D eigenvalue weighted by Crippen LogP contribution is -2.07. The zero-order chi connectivity index (χ0) is 18.4. The van der Waals surface area contributed by atoms with Gasteiger partial charge in [-0.3, -0.25) is 4.79 Å². The van der Waals surface area contributed by atoms with Gasteiger partial charge in [0, 0.05) is 6.08 Å². The van der Waals surface area contributed by atoms with E-state index in [4.69, 9.17) is 21.1 Å². The predicted octanol–water partition coefficient (Wildman–Crippen LogP) is 4.41. The molecule has 0 fully saturated rings. The topological polar surface area (TPSA) is 67.8 Å². The Kier molecular flexibility index (Phi) is 6.31. The molecule has 1 amide bonds. The van der Waals surface area contributed by atoms with Gasteiger partial charge in [-0.1, -0.05) is 17.7 Å². The summed E-state index contributed by atoms with van der Waals surface area (Å²) < 4.78 is 10.7. The number of carbonyl (C=O) groups excluding carboxylic acids is 1. The van der Waals surface area contributed by atoms with Crippen molar-refractivity contribution >= 4 is 29.3 Å². The van der Waals surface area contributed by atoms with Crippen molar-refractivity contribution in [2.45, 2.75) is 13.8 Å². The Labute approximate surface area is 151 Å². The van der Waals surface area contributed by atoms with Crippen molar-refractivity contribution in [3.05, 3.63) is 52.6 Å². The summed E-state index contributed by atoms with van der Waals surface area (Å²) >= 11 is 6.18. The second kappa shape index (κ2) is 8.44. The number of rotatable bonds is 6. The van der Waals surface area contributed by atoms with E-state index in [1.165, 1.54) is 13.2 Å². The van der Waals surface area contributed by atoms with Crippen LogP contribution in [0.1, 0.15) is 18.1 Å². The second-order valence-corrected chi connectivity index (χ2v) is 5.72. The molecule has 0 aliphatic carbocycles. The van der Waals surface area contributed by atoms with E-state index in [1.54, 1.807) is 36.4 Å². The summed E-state index contributed by atoms with van der Waals surface area (Å²) in [6.07, 6.45) is 2.96. The van der Waals surface area contributed by atoms with Crippen LogP contribution in [-0.4, -0.2) is 24.7 Å². The van der Waals surface area contributed by atoms with E-state index in [0.717, 1.165) is 5.56 Å². The summed E-state index contributed by atoms with van der Waals surface area (Å²) in [5, 5.41) is 12.8. The van der Waals surface area contributed by atoms with Crippen LogP contribution in [0.15, 0.2) is 36.4 Å². The molecule has 132 valence electrons. The molecule has 0 saturated heterocycles. The summed E-state index contributed by atoms with van der Waals surface area (Å²) in [6, 6.07) is 8.44. The Balaban J connectivity index is 2.16. The molecule has 0 unspecified atom stereocenters. The Morgan fingerprint density at radius 2 is 2.08 bits per heavy atom. The first-order valence-electron chi connectivity index (χ1n) is 7.73. The highest BCUT2D eigenvalue weighted by atomic mass is 35.5. The first kappa shape index (κ1) is 18.7. The van der Waals surface area contributed by atoms with E-state index in [0.29, 0.717) is 34.4 Å². The number of ether oxygens (including phenoxy) is 2. The molecule has 0 spiro atoms. The number of methoxy groups -OCH3 is 1. The van der Waals surface area contributed by atoms with Crippen LogP contribution in [0, 0.1) is 6.92 Å². The number of hydrogen-bond acceptors (Lipinski definition) is 4. The number of nitrogens with one attached hydrogen (secondary N) is 1. The smallest absolute Gasteiger partial charge is 0.248 e. The van der Waals surface area contributed by atoms with Gasteiger partial charge in [0.2, 0.25) is 5.91 Å². The van der Waals surface area contributed by atoms with Gasteiger partial charge in [0.05, 0.1) is 24.4 Å². The molecule has 2 aromatic carbocycles. The molecule has 0 radical (unpaired) electrons. The molecule has 0 aromatic heterocycles. The molecule has 25 heavy (non-hydrogen) atoms. The van der Waals surface area contributed by atoms with E-state index in [2.05, 4.69) is 5.32 Å². The average molecular weight is 362 g/mol. The van der Waals surface area contributed by atoms with E-state index >= 15 is 0 Å². The minimum atomic E-state index is -0.371. The lowest BCUT2D eigenvalue weighted by atomic mass is 10.1. The summed E-state index contributed by atoms with van der Waals surface area (Å²) in [5.74, 6) is 0.611. The average Bonchev–Trinajstić information content (AvgIpc) is 2.56. The monoisotopic (exact) mass is 361 g/mol. The number of amides is 1. The summed E-state index contributed by atoms with van der Waals surface area (Å²) in [4.78, 5) is 12.0. The summed E-state index contributed by atoms with van der Waals surface area (Å²) in [7, 11) is 1.51. The SMILES string of the molecule is CCOc1cc(/C=C/C(=O)Nc2ccc(C)cc2O)cc(Cl)c1OC. The Bertz CT molecular complexity index is 802. The fourth-order valence-corrected chi connectivity index (χ4v) is 2.54. The summed E-state index contributed by atoms with van der Waals surface area (Å²) in [5.41, 5.74) is 1.95. The zero-order valence-corrected chi connectivity index (χ0v) is 15.1. The maximum absolute atomic E-state index is 12.0. The molecular weight excluding hydrogens is 342 g/mol. The highest BCUT2D eigenvalue weighted by Gasteiger charge is 2.11. The largest absolute Gasteiger partial charge is 0.506 e. The van der Waals surface area contributed by atoms with Crippen molar-refractivity contribution in [3.63, 3.8) is 0 Å². The number of hydrogen-bond donors (Lipinski definition) is 2. The molecular formula is C19H20ClNO4. The van der Waals surface area contributed by atoms with Gasteiger partial charge in [-0.25, -0.2) is 0 Å². The standard InChI is InChI=1S/C19H20ClNO4/c1-4-25-17-11-13(10-14(20)19(17)24-3)6-8-18(23)21-15-7-5-12(2)9-16(15)22/h5-11,22H,4H2,1-3H3,(H,21,23)/b8-6+. The quantitative estimate of drug-likeness (QED) is 0.590. The Morgan fingerprint density at radius 1 is 1.32 bits per heavy atom. The van der Waals surface area contributed by atoms with Crippen molar-refractivity contribution in [1.29, 1.82) is 0 Å². The number of carbonyl (C=O) groups is 1. The van der Waals surface area contributed by atoms with Crippen molar-refractivity contribution in [2.24, 2.45) is 0 Å². The molecule has 0 aliphatic heterocycles. The van der Waals surface area contributed by atoms with E-state index in [-0.39, 0.29) is 11.7 Å². The van der Waals surface area contributed by atoms with Crippen molar-refractivity contribution in [2.75, 3.05) is 19.0 Å². The first-order valence-corrected chi connectivity index (χ1v) is 8.11. The third kappa shape index (κ3) is 4.90. The van der Waals surface area contributed by atoms with Crippen LogP contribution in [-0.2, 0) is 4.79 Å². The number of aryl methyl sites for hydroxylation is 1. The van der Waals surface area contributed by atoms with Crippen LogP contribution in [0.25, 0.3) is 6.08 Å². The van der Waals surface area contributed by atoms with Crippen molar-refractivity contribution < 1.29 is 19.4 Å². The third-order valence-corrected chi connectivity index (χ3v) is 3.65. The van der Waals surface area contributed by atoms with Gasteiger partial charge in [-0.2, -0.15) is 0 Å². The van der Waals surface area contributed by atoms with E-state index in [9.17, 15) is 9.90 Å². The molecule has 0 atom stereocenters. The van der Waals surface area contributed by atoms with Crippen LogP contribution >= 0.6 is 11.6 Å². The molecule has 6 heteroatoms. The molecule has 0 saturated carbocycles. The maximum Gasteiger partial charge on any atom is 0.248 e. The lowest BCUT2D eigenvalue weighted by molar-refractivity contribution is -0.111. The number of aromatic hydroxyl groups is 1. The van der Waals surface area contributed by atoms with Crippen LogP contribution in [0.2, 0.25) is 5.02 Å². The van der Waals surface area contributed by atoms with Gasteiger partial charge in [-0.15, -0.1) is 0 Å². The normalized spacial score (nSPS) is 10.7. The van der Waals surface area contributed by atoms with Gasteiger partial charge in [0.25, 0.3) is 0 Å². The molecule has 0 aliphatic rings. The number of phenolic OH excluding ortho intramolecular Hbond substituents is 1. The zero-order valence-electron chi connectivity index (χ0n) is 14.3. The minimum absolute atomic E-state index is 0.0212. The molecule has 2 N–H and O–H groups in total. The van der Waals surface area contributed by atoms with Gasteiger partial charge in [0.1, 0.15) is 5.75 Å². The van der Waals surface area contributed by atoms with Gasteiger partial charge in [0.15, 0.2) is 11.5 Å². The van der Waals surface area contributed by atoms with Crippen LogP contribution in [0.4, 0.5) is 5.69 Å². The highest BCUT2D eigenvalue weighted by Crippen LogP contribution is 2.36. The van der Waals surface area contributed by atoms with Crippen LogP contribution in [0.3, 0.4) is 0 Å². The van der Waals surface area contributed by atoms with E-state index in [1.807, 2.05) is 13.8 Å². The van der Waals surface area contributed by atoms with Crippen molar-refractivity contribution in [1.82, 2.24) is 0 Å². The van der Waals surface area contributed by atoms with E-state index < -0.39 is 0 Å². The summed E-state index contributed by atoms with van der Waals surface area (Å²) in [6.45, 7) is 4.18. The molecule has 5 nitrogen and oxygen atoms in total. The molecule has 2 aromatic rings. The third-order valence-electron chi connectivity index (χ3n) is 3.37. The Morgan fingerprint density at radius 3 is 2.72 bits per heavy atom. The number of benzene rings is 2. The van der Waals surface area contributed by atoms with Crippen molar-refractivity contribution in [3.8, 4) is 17.2 Å². The maximum atomic E-state index is 12.0. The predicted molar refractivity (Wildman–Crippen MR) is 99.7 cm³/mol. The van der Waals surface area contributed by atoms with Gasteiger partial charge >= 0.3 is 0 Å². The number of anilines is 1. The lowest BCUT2D eigenvalue weighted by Gasteiger charge is -2.11.